The van der Waals surface area contributed by atoms with E-state index in [0.717, 1.165) is 122 Å². The first-order valence-corrected chi connectivity index (χ1v) is 28.7. The Hall–Kier alpha value is -3.99. The van der Waals surface area contributed by atoms with Crippen LogP contribution in [0.25, 0.3) is 0 Å². The fourth-order valence-electron chi connectivity index (χ4n) is 7.69. The minimum atomic E-state index is -0.861. The lowest BCUT2D eigenvalue weighted by atomic mass is 10.0. The Labute approximate surface area is 433 Å². The number of carbonyl (C=O) groups is 1. The van der Waals surface area contributed by atoms with Crippen LogP contribution in [0.2, 0.25) is 0 Å². The summed E-state index contributed by atoms with van der Waals surface area (Å²) in [4.78, 5) is 12.5. The van der Waals surface area contributed by atoms with E-state index < -0.39 is 12.1 Å². The third-order valence-electron chi connectivity index (χ3n) is 12.0. The third-order valence-corrected chi connectivity index (χ3v) is 12.0. The number of unbranched alkanes of at least 4 members (excludes halogenated alkanes) is 19. The molecule has 0 bridgehead atoms. The Morgan fingerprint density at radius 2 is 0.629 bits per heavy atom. The Kier molecular flexibility index (Phi) is 55.9. The largest absolute Gasteiger partial charge is 0.394 e. The van der Waals surface area contributed by atoms with Crippen LogP contribution in [-0.4, -0.2) is 34.9 Å². The normalized spacial score (nSPS) is 14.1. The van der Waals surface area contributed by atoms with E-state index in [-0.39, 0.29) is 12.5 Å². The third kappa shape index (κ3) is 54.9. The molecule has 0 aromatic carbocycles. The highest BCUT2D eigenvalue weighted by Crippen LogP contribution is 2.14. The molecule has 2 unspecified atom stereocenters. The van der Waals surface area contributed by atoms with E-state index in [9.17, 15) is 15.0 Å². The number of amides is 1. The average molecular weight is 963 g/mol. The summed E-state index contributed by atoms with van der Waals surface area (Å²) in [6.07, 6.45) is 95.3. The van der Waals surface area contributed by atoms with Crippen molar-refractivity contribution in [1.82, 2.24) is 5.32 Å². The van der Waals surface area contributed by atoms with E-state index in [1.54, 1.807) is 6.08 Å². The van der Waals surface area contributed by atoms with E-state index >= 15 is 0 Å². The summed E-state index contributed by atoms with van der Waals surface area (Å²) in [5.41, 5.74) is 0. The molecule has 0 rings (SSSR count). The van der Waals surface area contributed by atoms with E-state index in [1.807, 2.05) is 6.08 Å². The standard InChI is InChI=1S/C66H107NO3/c1-3-5-7-9-11-13-15-17-19-21-22-23-24-25-26-27-28-29-30-31-32-33-34-35-36-37-38-39-40-41-42-43-44-46-48-50-52-54-56-58-60-62-66(70)67-64(63-68)65(69)61-59-57-55-53-51-49-47-45-20-18-16-14-12-10-8-6-4-2/h5,7,11,13,17,19,22-23,25-26,28-29,31-32,34-35,37-38,40-41,43-44,48,50,59,61,64-65,68-69H,3-4,6,8-10,12,14-16,18,20-21,24,27,30,33,36,39,42,45-47,49,51-58,60,62-63H2,1-2H3,(H,67,70)/b7-5-,13-11-,19-17-,23-22-,26-25-,29-28-,32-31-,35-34-,38-37-,41-40-,44-43-,50-48-,61-59+. The maximum absolute atomic E-state index is 12.5. The first kappa shape index (κ1) is 66.0. The summed E-state index contributed by atoms with van der Waals surface area (Å²) in [5.74, 6) is -0.0943. The van der Waals surface area contributed by atoms with Crippen molar-refractivity contribution in [2.75, 3.05) is 6.61 Å². The quantitative estimate of drug-likeness (QED) is 0.0420. The summed E-state index contributed by atoms with van der Waals surface area (Å²) in [5, 5.41) is 23.1. The minimum absolute atomic E-state index is 0.0943. The first-order chi connectivity index (χ1) is 34.7. The van der Waals surface area contributed by atoms with Gasteiger partial charge in [0, 0.05) is 6.42 Å². The molecular weight excluding hydrogens is 855 g/mol. The van der Waals surface area contributed by atoms with Crippen LogP contribution in [0.3, 0.4) is 0 Å². The van der Waals surface area contributed by atoms with Crippen LogP contribution in [0, 0.1) is 0 Å². The lowest BCUT2D eigenvalue weighted by Gasteiger charge is -2.20. The Bertz CT molecular complexity index is 1510. The van der Waals surface area contributed by atoms with Gasteiger partial charge in [-0.3, -0.25) is 4.79 Å². The van der Waals surface area contributed by atoms with Crippen LogP contribution < -0.4 is 5.32 Å². The second-order valence-electron chi connectivity index (χ2n) is 18.6. The molecule has 4 heteroatoms. The van der Waals surface area contributed by atoms with Crippen LogP contribution in [0.15, 0.2) is 158 Å². The molecule has 0 aliphatic rings. The van der Waals surface area contributed by atoms with Crippen LogP contribution in [-0.2, 0) is 4.79 Å². The molecule has 1 amide bonds. The monoisotopic (exact) mass is 962 g/mol. The number of hydrogen-bond donors (Lipinski definition) is 3. The lowest BCUT2D eigenvalue weighted by molar-refractivity contribution is -0.123. The smallest absolute Gasteiger partial charge is 0.220 e. The van der Waals surface area contributed by atoms with E-state index in [1.165, 1.54) is 89.9 Å². The molecular formula is C66H107NO3. The molecule has 0 saturated heterocycles. The average Bonchev–Trinajstić information content (AvgIpc) is 3.36. The fraction of sp³-hybridized carbons (Fsp3) is 0.591. The molecule has 0 saturated carbocycles. The van der Waals surface area contributed by atoms with Crippen LogP contribution in [0.4, 0.5) is 0 Å². The zero-order valence-corrected chi connectivity index (χ0v) is 45.2. The Balaban J connectivity index is 3.71. The molecule has 0 aromatic rings. The molecule has 0 heterocycles. The van der Waals surface area contributed by atoms with Crippen molar-refractivity contribution < 1.29 is 15.0 Å². The van der Waals surface area contributed by atoms with Crippen molar-refractivity contribution in [3.05, 3.63) is 158 Å². The summed E-state index contributed by atoms with van der Waals surface area (Å²) < 4.78 is 0. The van der Waals surface area contributed by atoms with E-state index in [0.29, 0.717) is 6.42 Å². The number of hydrogen-bond acceptors (Lipinski definition) is 3. The van der Waals surface area contributed by atoms with Gasteiger partial charge >= 0.3 is 0 Å². The molecule has 394 valence electrons. The summed E-state index contributed by atoms with van der Waals surface area (Å²) in [6.45, 7) is 4.18. The summed E-state index contributed by atoms with van der Waals surface area (Å²) in [6, 6.07) is -0.648. The number of allylic oxidation sites excluding steroid dienone is 25. The highest BCUT2D eigenvalue weighted by atomic mass is 16.3. The molecule has 4 nitrogen and oxygen atoms in total. The molecule has 0 aliphatic heterocycles. The topological polar surface area (TPSA) is 69.6 Å². The minimum Gasteiger partial charge on any atom is -0.394 e. The predicted molar refractivity (Wildman–Crippen MR) is 312 cm³/mol. The summed E-state index contributed by atoms with van der Waals surface area (Å²) >= 11 is 0. The SMILES string of the molecule is CC/C=C\C/C=C\C/C=C\C/C=C\C/C=C\C/C=C\C/C=C\C/C=C\C/C=C\C/C=C\C/C=C\C/C=C\CCCCCCC(=O)NC(CO)C(O)/C=C/CCCCCCCCCCCCCCCCC. The van der Waals surface area contributed by atoms with Gasteiger partial charge in [-0.05, 0) is 109 Å². The van der Waals surface area contributed by atoms with Gasteiger partial charge in [-0.2, -0.15) is 0 Å². The van der Waals surface area contributed by atoms with Crippen molar-refractivity contribution in [2.45, 2.75) is 244 Å². The highest BCUT2D eigenvalue weighted by molar-refractivity contribution is 5.76. The van der Waals surface area contributed by atoms with Gasteiger partial charge in [0.05, 0.1) is 18.8 Å². The maximum atomic E-state index is 12.5. The van der Waals surface area contributed by atoms with Gasteiger partial charge in [0.2, 0.25) is 5.91 Å². The number of rotatable bonds is 50. The molecule has 0 aromatic heterocycles. The second-order valence-corrected chi connectivity index (χ2v) is 18.6. The zero-order chi connectivity index (χ0) is 50.6. The first-order valence-electron chi connectivity index (χ1n) is 28.7. The van der Waals surface area contributed by atoms with E-state index in [4.69, 9.17) is 0 Å². The van der Waals surface area contributed by atoms with Gasteiger partial charge in [0.1, 0.15) is 0 Å². The molecule has 0 radical (unpaired) electrons. The molecule has 70 heavy (non-hydrogen) atoms. The van der Waals surface area contributed by atoms with Crippen LogP contribution >= 0.6 is 0 Å². The van der Waals surface area contributed by atoms with Crippen LogP contribution in [0.1, 0.15) is 232 Å². The second kappa shape index (κ2) is 59.3. The van der Waals surface area contributed by atoms with Crippen molar-refractivity contribution in [3.8, 4) is 0 Å². The fourth-order valence-corrected chi connectivity index (χ4v) is 7.69. The van der Waals surface area contributed by atoms with Gasteiger partial charge < -0.3 is 15.5 Å². The molecule has 0 fully saturated rings. The lowest BCUT2D eigenvalue weighted by Crippen LogP contribution is -2.45. The van der Waals surface area contributed by atoms with Crippen molar-refractivity contribution in [3.63, 3.8) is 0 Å². The zero-order valence-electron chi connectivity index (χ0n) is 45.2. The Morgan fingerprint density at radius 3 is 0.943 bits per heavy atom. The number of aliphatic hydroxyl groups excluding tert-OH is 2. The maximum Gasteiger partial charge on any atom is 0.220 e. The molecule has 2 atom stereocenters. The van der Waals surface area contributed by atoms with Gasteiger partial charge in [0.25, 0.3) is 0 Å². The Morgan fingerprint density at radius 1 is 0.357 bits per heavy atom. The van der Waals surface area contributed by atoms with Crippen LogP contribution in [0.5, 0.6) is 0 Å². The van der Waals surface area contributed by atoms with Crippen molar-refractivity contribution in [2.24, 2.45) is 0 Å². The number of nitrogens with one attached hydrogen (secondary N) is 1. The van der Waals surface area contributed by atoms with Gasteiger partial charge in [-0.1, -0.05) is 275 Å². The highest BCUT2D eigenvalue weighted by Gasteiger charge is 2.18. The van der Waals surface area contributed by atoms with Crippen molar-refractivity contribution >= 4 is 5.91 Å². The predicted octanol–water partition coefficient (Wildman–Crippen LogP) is 19.4. The van der Waals surface area contributed by atoms with Gasteiger partial charge in [0.15, 0.2) is 0 Å². The van der Waals surface area contributed by atoms with Gasteiger partial charge in [-0.25, -0.2) is 0 Å². The van der Waals surface area contributed by atoms with E-state index in [2.05, 4.69) is 165 Å². The van der Waals surface area contributed by atoms with Crippen molar-refractivity contribution in [1.29, 1.82) is 0 Å². The van der Waals surface area contributed by atoms with Gasteiger partial charge in [-0.15, -0.1) is 0 Å². The molecule has 0 spiro atoms. The molecule has 3 N–H and O–H groups in total. The summed E-state index contributed by atoms with van der Waals surface area (Å²) in [7, 11) is 0. The number of carbonyl (C=O) groups excluding carboxylic acids is 1. The molecule has 0 aliphatic carbocycles. The number of aliphatic hydroxyl groups is 2.